The number of H-pyrrole nitrogens is 1. The van der Waals surface area contributed by atoms with Crippen LogP contribution in [-0.2, 0) is 6.42 Å². The van der Waals surface area contributed by atoms with Crippen molar-refractivity contribution in [2.45, 2.75) is 19.3 Å². The number of aromatic amines is 1. The Labute approximate surface area is 169 Å². The summed E-state index contributed by atoms with van der Waals surface area (Å²) in [5, 5.41) is 12.5. The zero-order valence-corrected chi connectivity index (χ0v) is 16.4. The molecule has 4 aromatic rings. The number of carboxylic acids is 1. The number of ether oxygens (including phenoxy) is 1. The van der Waals surface area contributed by atoms with Gasteiger partial charge in [0.25, 0.3) is 0 Å². The van der Waals surface area contributed by atoms with Crippen LogP contribution in [0, 0.1) is 0 Å². The van der Waals surface area contributed by atoms with Gasteiger partial charge in [-0.25, -0.2) is 4.79 Å². The third-order valence-electron chi connectivity index (χ3n) is 5.39. The van der Waals surface area contributed by atoms with Crippen LogP contribution in [0.5, 0.6) is 5.75 Å². The Morgan fingerprint density at radius 1 is 1.07 bits per heavy atom. The zero-order valence-electron chi connectivity index (χ0n) is 16.4. The maximum atomic E-state index is 11.5. The van der Waals surface area contributed by atoms with Crippen LogP contribution in [0.3, 0.4) is 0 Å². The molecule has 0 aliphatic rings. The molecule has 0 aliphatic carbocycles. The van der Waals surface area contributed by atoms with Crippen molar-refractivity contribution < 1.29 is 14.6 Å². The Kier molecular flexibility index (Phi) is 5.23. The van der Waals surface area contributed by atoms with E-state index >= 15 is 0 Å². The average Bonchev–Trinajstić information content (AvgIpc) is 3.10. The number of unbranched alkanes of at least 4 members (excludes halogenated alkanes) is 1. The van der Waals surface area contributed by atoms with Gasteiger partial charge >= 0.3 is 5.97 Å². The SMILES string of the molecule is COc1c(-c2[nH]c3ccc(C(=O)O)cc3c2CCCCN)ccc2ccccc12. The molecule has 0 fully saturated rings. The van der Waals surface area contributed by atoms with Crippen LogP contribution >= 0.6 is 0 Å². The molecule has 1 heterocycles. The Morgan fingerprint density at radius 3 is 2.66 bits per heavy atom. The lowest BCUT2D eigenvalue weighted by Gasteiger charge is -2.13. The topological polar surface area (TPSA) is 88.3 Å². The molecule has 148 valence electrons. The first-order valence-corrected chi connectivity index (χ1v) is 9.78. The van der Waals surface area contributed by atoms with Crippen molar-refractivity contribution in [3.63, 3.8) is 0 Å². The lowest BCUT2D eigenvalue weighted by atomic mass is 9.97. The summed E-state index contributed by atoms with van der Waals surface area (Å²) in [6.45, 7) is 0.636. The van der Waals surface area contributed by atoms with Gasteiger partial charge in [-0.1, -0.05) is 30.3 Å². The summed E-state index contributed by atoms with van der Waals surface area (Å²) in [5.41, 5.74) is 9.95. The maximum Gasteiger partial charge on any atom is 0.335 e. The van der Waals surface area contributed by atoms with Gasteiger partial charge in [0.2, 0.25) is 0 Å². The number of carboxylic acid groups (broad SMARTS) is 1. The Balaban J connectivity index is 1.96. The summed E-state index contributed by atoms with van der Waals surface area (Å²) in [6.07, 6.45) is 2.66. The molecule has 5 nitrogen and oxygen atoms in total. The molecule has 0 saturated carbocycles. The first-order valence-electron chi connectivity index (χ1n) is 9.78. The molecule has 1 aromatic heterocycles. The van der Waals surface area contributed by atoms with Gasteiger partial charge in [-0.3, -0.25) is 0 Å². The van der Waals surface area contributed by atoms with Crippen LogP contribution in [0.25, 0.3) is 32.9 Å². The summed E-state index contributed by atoms with van der Waals surface area (Å²) in [7, 11) is 1.69. The van der Waals surface area contributed by atoms with Crippen molar-refractivity contribution in [3.8, 4) is 17.0 Å². The molecule has 3 aromatic carbocycles. The molecular weight excluding hydrogens is 364 g/mol. The minimum absolute atomic E-state index is 0.286. The highest BCUT2D eigenvalue weighted by Crippen LogP contribution is 2.40. The van der Waals surface area contributed by atoms with E-state index < -0.39 is 5.97 Å². The smallest absolute Gasteiger partial charge is 0.335 e. The van der Waals surface area contributed by atoms with E-state index in [0.29, 0.717) is 6.54 Å². The largest absolute Gasteiger partial charge is 0.495 e. The predicted octanol–water partition coefficient (Wildman–Crippen LogP) is 4.98. The first kappa shape index (κ1) is 19.0. The van der Waals surface area contributed by atoms with Gasteiger partial charge in [-0.15, -0.1) is 0 Å². The minimum atomic E-state index is -0.925. The fourth-order valence-corrected chi connectivity index (χ4v) is 3.98. The molecule has 0 unspecified atom stereocenters. The number of carbonyl (C=O) groups is 1. The quantitative estimate of drug-likeness (QED) is 0.390. The number of hydrogen-bond donors (Lipinski definition) is 3. The van der Waals surface area contributed by atoms with Crippen molar-refractivity contribution in [1.29, 1.82) is 0 Å². The van der Waals surface area contributed by atoms with Crippen LogP contribution in [-0.4, -0.2) is 29.7 Å². The highest BCUT2D eigenvalue weighted by atomic mass is 16.5. The Morgan fingerprint density at radius 2 is 1.90 bits per heavy atom. The first-order chi connectivity index (χ1) is 14.1. The molecule has 0 atom stereocenters. The van der Waals surface area contributed by atoms with E-state index in [0.717, 1.165) is 63.5 Å². The second kappa shape index (κ2) is 7.97. The summed E-state index contributed by atoms with van der Waals surface area (Å²) in [4.78, 5) is 15.0. The summed E-state index contributed by atoms with van der Waals surface area (Å²) < 4.78 is 5.82. The molecule has 0 saturated heterocycles. The number of aryl methyl sites for hydroxylation is 1. The number of aromatic nitrogens is 1. The maximum absolute atomic E-state index is 11.5. The molecule has 0 spiro atoms. The number of fused-ring (bicyclic) bond motifs is 2. The van der Waals surface area contributed by atoms with Gasteiger partial charge in [0.15, 0.2) is 0 Å². The standard InChI is InChI=1S/C24H24N2O3/c1-29-23-17-7-3-2-6-15(17)9-11-19(23)22-18(8-4-5-13-25)20-14-16(24(27)28)10-12-21(20)26-22/h2-3,6-7,9-12,14,26H,4-5,8,13,25H2,1H3,(H,27,28). The number of aromatic carboxylic acids is 1. The number of benzene rings is 3. The molecule has 0 amide bonds. The number of rotatable bonds is 7. The Hall–Kier alpha value is -3.31. The third kappa shape index (κ3) is 3.45. The Bertz CT molecular complexity index is 1190. The molecule has 4 N–H and O–H groups in total. The molecule has 0 aliphatic heterocycles. The molecular formula is C24H24N2O3. The number of methoxy groups -OCH3 is 1. The normalized spacial score (nSPS) is 11.2. The van der Waals surface area contributed by atoms with Crippen LogP contribution < -0.4 is 10.5 Å². The summed E-state index contributed by atoms with van der Waals surface area (Å²) >= 11 is 0. The van der Waals surface area contributed by atoms with E-state index in [-0.39, 0.29) is 5.56 Å². The van der Waals surface area contributed by atoms with Crippen molar-refractivity contribution in [3.05, 3.63) is 65.7 Å². The van der Waals surface area contributed by atoms with Crippen molar-refractivity contribution in [1.82, 2.24) is 4.98 Å². The van der Waals surface area contributed by atoms with Crippen molar-refractivity contribution in [2.24, 2.45) is 5.73 Å². The van der Waals surface area contributed by atoms with Crippen molar-refractivity contribution in [2.75, 3.05) is 13.7 Å². The predicted molar refractivity (Wildman–Crippen MR) is 117 cm³/mol. The van der Waals surface area contributed by atoms with Gasteiger partial charge in [0, 0.05) is 21.9 Å². The van der Waals surface area contributed by atoms with Gasteiger partial charge < -0.3 is 20.6 Å². The zero-order chi connectivity index (χ0) is 20.4. The second-order valence-corrected chi connectivity index (χ2v) is 7.16. The van der Waals surface area contributed by atoms with Crippen LogP contribution in [0.1, 0.15) is 28.8 Å². The van der Waals surface area contributed by atoms with Gasteiger partial charge in [0.05, 0.1) is 18.4 Å². The number of nitrogens with two attached hydrogens (primary N) is 1. The van der Waals surface area contributed by atoms with E-state index in [1.54, 1.807) is 19.2 Å². The molecule has 4 rings (SSSR count). The summed E-state index contributed by atoms with van der Waals surface area (Å²) in [6, 6.07) is 17.5. The van der Waals surface area contributed by atoms with E-state index in [9.17, 15) is 9.90 Å². The van der Waals surface area contributed by atoms with E-state index in [2.05, 4.69) is 29.2 Å². The van der Waals surface area contributed by atoms with E-state index in [1.807, 2.05) is 18.2 Å². The average molecular weight is 388 g/mol. The van der Waals surface area contributed by atoms with Crippen LogP contribution in [0.2, 0.25) is 0 Å². The number of nitrogens with one attached hydrogen (secondary N) is 1. The highest BCUT2D eigenvalue weighted by Gasteiger charge is 2.19. The molecule has 5 heteroatoms. The molecule has 29 heavy (non-hydrogen) atoms. The number of hydrogen-bond acceptors (Lipinski definition) is 3. The lowest BCUT2D eigenvalue weighted by molar-refractivity contribution is 0.0697. The lowest BCUT2D eigenvalue weighted by Crippen LogP contribution is -2.00. The second-order valence-electron chi connectivity index (χ2n) is 7.16. The third-order valence-corrected chi connectivity index (χ3v) is 5.39. The van der Waals surface area contributed by atoms with Crippen molar-refractivity contribution >= 4 is 27.6 Å². The minimum Gasteiger partial charge on any atom is -0.495 e. The van der Waals surface area contributed by atoms with E-state index in [1.165, 1.54) is 0 Å². The molecule has 0 bridgehead atoms. The van der Waals surface area contributed by atoms with Gasteiger partial charge in [0.1, 0.15) is 5.75 Å². The fourth-order valence-electron chi connectivity index (χ4n) is 3.98. The molecule has 0 radical (unpaired) electrons. The van der Waals surface area contributed by atoms with Gasteiger partial charge in [-0.05, 0) is 61.0 Å². The van der Waals surface area contributed by atoms with Gasteiger partial charge in [-0.2, -0.15) is 0 Å². The van der Waals surface area contributed by atoms with E-state index in [4.69, 9.17) is 10.5 Å². The monoisotopic (exact) mass is 388 g/mol. The fraction of sp³-hybridized carbons (Fsp3) is 0.208. The highest BCUT2D eigenvalue weighted by molar-refractivity contribution is 6.00. The van der Waals surface area contributed by atoms with Crippen LogP contribution in [0.4, 0.5) is 0 Å². The van der Waals surface area contributed by atoms with Crippen LogP contribution in [0.15, 0.2) is 54.6 Å². The summed E-state index contributed by atoms with van der Waals surface area (Å²) in [5.74, 6) is -0.112.